The quantitative estimate of drug-likeness (QED) is 0.450. The van der Waals surface area contributed by atoms with Gasteiger partial charge in [0.2, 0.25) is 0 Å². The molecule has 2 fully saturated rings. The second-order valence-electron chi connectivity index (χ2n) is 9.80. The number of carbonyl (C=O) groups excluding carboxylic acids is 1. The molecule has 1 aliphatic carbocycles. The SMILES string of the molecule is CC1=C(Cl)N=C(NC[C@H]2C[C@H](C)CCN2C2CCCC2)C(CC(=O)OCc2ccccc2)N1. The van der Waals surface area contributed by atoms with E-state index in [1.165, 1.54) is 45.1 Å². The van der Waals surface area contributed by atoms with Crippen LogP contribution in [0.15, 0.2) is 46.2 Å². The van der Waals surface area contributed by atoms with E-state index in [9.17, 15) is 4.79 Å². The number of aliphatic imine (C=N–C) groups is 1. The van der Waals surface area contributed by atoms with Gasteiger partial charge in [-0.1, -0.05) is 61.7 Å². The molecule has 3 aliphatic rings. The summed E-state index contributed by atoms with van der Waals surface area (Å²) in [6.45, 7) is 6.51. The zero-order valence-electron chi connectivity index (χ0n) is 19.9. The maximum Gasteiger partial charge on any atom is 0.308 e. The average molecular weight is 473 g/mol. The van der Waals surface area contributed by atoms with Crippen molar-refractivity contribution in [3.05, 3.63) is 46.7 Å². The number of esters is 1. The fraction of sp³-hybridized carbons (Fsp3) is 0.615. The number of piperidine rings is 1. The van der Waals surface area contributed by atoms with Crippen LogP contribution in [0.4, 0.5) is 0 Å². The van der Waals surface area contributed by atoms with Crippen LogP contribution in [-0.2, 0) is 16.1 Å². The fourth-order valence-corrected chi connectivity index (χ4v) is 5.49. The van der Waals surface area contributed by atoms with E-state index in [4.69, 9.17) is 16.3 Å². The van der Waals surface area contributed by atoms with Crippen LogP contribution in [0.1, 0.15) is 64.4 Å². The highest BCUT2D eigenvalue weighted by molar-refractivity contribution is 6.30. The van der Waals surface area contributed by atoms with E-state index in [1.54, 1.807) is 0 Å². The van der Waals surface area contributed by atoms with Crippen molar-refractivity contribution in [1.82, 2.24) is 15.5 Å². The highest BCUT2D eigenvalue weighted by atomic mass is 35.5. The van der Waals surface area contributed by atoms with Gasteiger partial charge < -0.3 is 15.4 Å². The first-order valence-electron chi connectivity index (χ1n) is 12.4. The predicted molar refractivity (Wildman–Crippen MR) is 133 cm³/mol. The Hall–Kier alpha value is -2.05. The average Bonchev–Trinajstić information content (AvgIpc) is 3.34. The first-order valence-corrected chi connectivity index (χ1v) is 12.8. The number of amidine groups is 1. The lowest BCUT2D eigenvalue weighted by Crippen LogP contribution is -2.54. The van der Waals surface area contributed by atoms with Crippen LogP contribution in [0.2, 0.25) is 0 Å². The van der Waals surface area contributed by atoms with E-state index >= 15 is 0 Å². The molecule has 0 bridgehead atoms. The van der Waals surface area contributed by atoms with Crippen LogP contribution in [0.5, 0.6) is 0 Å². The smallest absolute Gasteiger partial charge is 0.308 e. The second kappa shape index (κ2) is 11.4. The summed E-state index contributed by atoms with van der Waals surface area (Å²) in [7, 11) is 0. The number of nitrogens with zero attached hydrogens (tertiary/aromatic N) is 2. The van der Waals surface area contributed by atoms with Gasteiger partial charge in [0.25, 0.3) is 0 Å². The van der Waals surface area contributed by atoms with Gasteiger partial charge in [-0.25, -0.2) is 4.99 Å². The Morgan fingerprint density at radius 1 is 1.24 bits per heavy atom. The van der Waals surface area contributed by atoms with Gasteiger partial charge in [0.15, 0.2) is 0 Å². The maximum absolute atomic E-state index is 12.6. The Labute approximate surface area is 202 Å². The Bertz CT molecular complexity index is 866. The molecule has 0 aromatic heterocycles. The number of hydrogen-bond donors (Lipinski definition) is 2. The number of benzene rings is 1. The van der Waals surface area contributed by atoms with E-state index in [0.717, 1.165) is 29.6 Å². The van der Waals surface area contributed by atoms with E-state index in [1.807, 2.05) is 37.3 Å². The van der Waals surface area contributed by atoms with Crippen LogP contribution in [0.25, 0.3) is 0 Å². The van der Waals surface area contributed by atoms with Gasteiger partial charge in [0, 0.05) is 24.3 Å². The number of rotatable bonds is 7. The summed E-state index contributed by atoms with van der Waals surface area (Å²) in [6, 6.07) is 10.7. The third-order valence-electron chi connectivity index (χ3n) is 7.20. The Balaban J connectivity index is 1.37. The van der Waals surface area contributed by atoms with Gasteiger partial charge in [-0.3, -0.25) is 9.69 Å². The van der Waals surface area contributed by atoms with E-state index in [-0.39, 0.29) is 25.0 Å². The lowest BCUT2D eigenvalue weighted by Gasteiger charge is -2.42. The number of halogens is 1. The molecule has 2 N–H and O–H groups in total. The third kappa shape index (κ3) is 6.51. The number of ether oxygens (including phenoxy) is 1. The van der Waals surface area contributed by atoms with Gasteiger partial charge in [-0.15, -0.1) is 0 Å². The molecule has 3 atom stereocenters. The maximum atomic E-state index is 12.6. The van der Waals surface area contributed by atoms with Gasteiger partial charge in [0.1, 0.15) is 17.6 Å². The molecule has 2 aliphatic heterocycles. The summed E-state index contributed by atoms with van der Waals surface area (Å²) in [5, 5.41) is 7.35. The molecule has 0 radical (unpaired) electrons. The molecule has 7 heteroatoms. The summed E-state index contributed by atoms with van der Waals surface area (Å²) in [5.41, 5.74) is 1.76. The number of carbonyl (C=O) groups is 1. The van der Waals surface area contributed by atoms with E-state index < -0.39 is 0 Å². The molecule has 180 valence electrons. The Morgan fingerprint density at radius 2 is 2.00 bits per heavy atom. The zero-order chi connectivity index (χ0) is 23.2. The minimum absolute atomic E-state index is 0.202. The summed E-state index contributed by atoms with van der Waals surface area (Å²) >= 11 is 6.34. The largest absolute Gasteiger partial charge is 0.461 e. The van der Waals surface area contributed by atoms with Crippen molar-refractivity contribution < 1.29 is 9.53 Å². The lowest BCUT2D eigenvalue weighted by atomic mass is 9.90. The van der Waals surface area contributed by atoms with Crippen molar-refractivity contribution in [2.45, 2.75) is 83.5 Å². The monoisotopic (exact) mass is 472 g/mol. The van der Waals surface area contributed by atoms with Gasteiger partial charge in [0.05, 0.1) is 12.5 Å². The molecule has 2 heterocycles. The van der Waals surface area contributed by atoms with Gasteiger partial charge >= 0.3 is 5.97 Å². The highest BCUT2D eigenvalue weighted by Crippen LogP contribution is 2.31. The molecule has 0 spiro atoms. The number of nitrogens with one attached hydrogen (secondary N) is 2. The summed E-state index contributed by atoms with van der Waals surface area (Å²) in [4.78, 5) is 19.9. The molecule has 6 nitrogen and oxygen atoms in total. The highest BCUT2D eigenvalue weighted by Gasteiger charge is 2.34. The topological polar surface area (TPSA) is 66.0 Å². The Kier molecular flexibility index (Phi) is 8.31. The number of likely N-dealkylation sites (tertiary alicyclic amines) is 1. The van der Waals surface area contributed by atoms with Crippen molar-refractivity contribution in [2.24, 2.45) is 10.9 Å². The van der Waals surface area contributed by atoms with E-state index in [2.05, 4.69) is 27.4 Å². The first-order chi connectivity index (χ1) is 16.0. The van der Waals surface area contributed by atoms with Crippen molar-refractivity contribution in [2.75, 3.05) is 13.1 Å². The molecule has 1 aromatic carbocycles. The van der Waals surface area contributed by atoms with Crippen molar-refractivity contribution in [3.8, 4) is 0 Å². The van der Waals surface area contributed by atoms with Crippen molar-refractivity contribution in [3.63, 3.8) is 0 Å². The fourth-order valence-electron chi connectivity index (χ4n) is 5.34. The van der Waals surface area contributed by atoms with Crippen LogP contribution in [0.3, 0.4) is 0 Å². The zero-order valence-corrected chi connectivity index (χ0v) is 20.6. The van der Waals surface area contributed by atoms with Gasteiger partial charge in [-0.05, 0) is 50.6 Å². The van der Waals surface area contributed by atoms with E-state index in [0.29, 0.717) is 17.2 Å². The Morgan fingerprint density at radius 3 is 2.76 bits per heavy atom. The summed E-state index contributed by atoms with van der Waals surface area (Å²) in [5.74, 6) is 1.21. The number of allylic oxidation sites excluding steroid dienone is 1. The summed E-state index contributed by atoms with van der Waals surface area (Å²) < 4.78 is 5.52. The molecule has 1 saturated heterocycles. The first kappa shape index (κ1) is 24.1. The lowest BCUT2D eigenvalue weighted by molar-refractivity contribution is -0.145. The number of hydrogen-bond acceptors (Lipinski definition) is 6. The summed E-state index contributed by atoms with van der Waals surface area (Å²) in [6.07, 6.45) is 8.00. The molecule has 4 rings (SSSR count). The molecule has 33 heavy (non-hydrogen) atoms. The minimum atomic E-state index is -0.267. The predicted octanol–water partition coefficient (Wildman–Crippen LogP) is 4.55. The van der Waals surface area contributed by atoms with Crippen LogP contribution in [-0.4, -0.2) is 47.9 Å². The van der Waals surface area contributed by atoms with Crippen molar-refractivity contribution >= 4 is 23.4 Å². The standard InChI is InChI=1S/C26H37ClN4O2/c1-18-12-13-31(21-10-6-7-11-21)22(14-18)16-28-26-23(29-19(2)25(27)30-26)15-24(32)33-17-20-8-4-3-5-9-20/h3-5,8-9,18,21-23,29H,6-7,10-17H2,1-2H3,(H,28,30)/t18-,22-,23?/m1/s1. The normalized spacial score (nSPS) is 26.6. The molecule has 0 amide bonds. The van der Waals surface area contributed by atoms with Crippen LogP contribution in [0, 0.1) is 5.92 Å². The molecular weight excluding hydrogens is 436 g/mol. The second-order valence-corrected chi connectivity index (χ2v) is 10.2. The molecule has 1 aromatic rings. The van der Waals surface area contributed by atoms with Gasteiger partial charge in [-0.2, -0.15) is 0 Å². The van der Waals surface area contributed by atoms with Crippen molar-refractivity contribution in [1.29, 1.82) is 0 Å². The van der Waals surface area contributed by atoms with Crippen LogP contribution >= 0.6 is 11.6 Å². The third-order valence-corrected chi connectivity index (χ3v) is 7.57. The van der Waals surface area contributed by atoms with Crippen LogP contribution < -0.4 is 10.6 Å². The minimum Gasteiger partial charge on any atom is -0.461 e. The molecular formula is C26H37ClN4O2. The molecule has 1 saturated carbocycles. The molecule has 1 unspecified atom stereocenters.